The molecule has 1 unspecified atom stereocenters. The van der Waals surface area contributed by atoms with E-state index >= 15 is 0 Å². The van der Waals surface area contributed by atoms with Gasteiger partial charge in [-0.3, -0.25) is 5.01 Å². The molecule has 0 aliphatic heterocycles. The number of rotatable bonds is 4. The monoisotopic (exact) mass is 180 g/mol. The van der Waals surface area contributed by atoms with Crippen molar-refractivity contribution in [2.75, 3.05) is 7.05 Å². The number of hydrazone groups is 1. The lowest BCUT2D eigenvalue weighted by atomic mass is 10.1. The molecule has 0 spiro atoms. The van der Waals surface area contributed by atoms with Gasteiger partial charge in [0.1, 0.15) is 0 Å². The number of allylic oxidation sites excluding steroid dienone is 1. The Morgan fingerprint density at radius 1 is 1.77 bits per heavy atom. The molecule has 5 nitrogen and oxygen atoms in total. The van der Waals surface area contributed by atoms with Gasteiger partial charge in [-0.15, -0.1) is 0 Å². The Morgan fingerprint density at radius 3 is 3.00 bits per heavy atom. The highest BCUT2D eigenvalue weighted by Gasteiger charge is 2.12. The maximum Gasteiger partial charge on any atom is 0.155 e. The van der Waals surface area contributed by atoms with Crippen LogP contribution in [0.4, 0.5) is 0 Å². The molecule has 0 aromatic rings. The van der Waals surface area contributed by atoms with Crippen LogP contribution in [0.5, 0.6) is 0 Å². The summed E-state index contributed by atoms with van der Waals surface area (Å²) in [6.07, 6.45) is 6.37. The van der Waals surface area contributed by atoms with Crippen LogP contribution in [0.2, 0.25) is 0 Å². The van der Waals surface area contributed by atoms with Gasteiger partial charge in [-0.25, -0.2) is 0 Å². The second-order valence-electron chi connectivity index (χ2n) is 2.67. The zero-order valence-corrected chi connectivity index (χ0v) is 7.47. The maximum absolute atomic E-state index is 6.50. The molecule has 0 amide bonds. The largest absolute Gasteiger partial charge is 0.340 e. The Labute approximate surface area is 76.8 Å². The first-order valence-electron chi connectivity index (χ1n) is 3.89. The van der Waals surface area contributed by atoms with Gasteiger partial charge in [0.15, 0.2) is 5.76 Å². The van der Waals surface area contributed by atoms with Crippen molar-refractivity contribution in [3.05, 3.63) is 24.0 Å². The second-order valence-corrected chi connectivity index (χ2v) is 2.67. The van der Waals surface area contributed by atoms with Crippen LogP contribution in [0.1, 0.15) is 6.42 Å². The van der Waals surface area contributed by atoms with Crippen LogP contribution in [-0.4, -0.2) is 24.8 Å². The molecule has 13 heavy (non-hydrogen) atoms. The highest BCUT2D eigenvalue weighted by atomic mass is 16.6. The first-order chi connectivity index (χ1) is 6.27. The van der Waals surface area contributed by atoms with E-state index in [1.165, 1.54) is 0 Å². The number of hydrogen-bond acceptors (Lipinski definition) is 5. The van der Waals surface area contributed by atoms with Gasteiger partial charge in [0.2, 0.25) is 0 Å². The summed E-state index contributed by atoms with van der Waals surface area (Å²) in [7, 11) is 1.86. The van der Waals surface area contributed by atoms with Crippen LogP contribution in [0.15, 0.2) is 34.4 Å². The van der Waals surface area contributed by atoms with Gasteiger partial charge in [-0.1, -0.05) is 6.08 Å². The third kappa shape index (κ3) is 2.40. The maximum atomic E-state index is 6.50. The molecule has 70 valence electrons. The summed E-state index contributed by atoms with van der Waals surface area (Å²) in [5.41, 5.74) is 6.50. The minimum Gasteiger partial charge on any atom is -0.340 e. The fraction of sp³-hybridized carbons (Fsp3) is 0.375. The van der Waals surface area contributed by atoms with Crippen molar-refractivity contribution in [3.63, 3.8) is 0 Å². The quantitative estimate of drug-likeness (QED) is 0.406. The smallest absolute Gasteiger partial charge is 0.155 e. The fourth-order valence-corrected chi connectivity index (χ4v) is 1.09. The van der Waals surface area contributed by atoms with Gasteiger partial charge in [0, 0.05) is 19.0 Å². The van der Waals surface area contributed by atoms with Crippen LogP contribution in [-0.2, 0) is 4.84 Å². The van der Waals surface area contributed by atoms with E-state index in [-0.39, 0.29) is 6.04 Å². The van der Waals surface area contributed by atoms with Crippen molar-refractivity contribution in [1.29, 1.82) is 5.53 Å². The van der Waals surface area contributed by atoms with Gasteiger partial charge in [0.05, 0.1) is 6.04 Å². The van der Waals surface area contributed by atoms with E-state index < -0.39 is 0 Å². The van der Waals surface area contributed by atoms with Crippen molar-refractivity contribution >= 4 is 6.72 Å². The standard InChI is InChI=1S/C8H12N4O/c1-10-12(2)7-3-5-8(6-4-7)13-11-9/h3,5-7,9H,1,4H2,2H3. The van der Waals surface area contributed by atoms with E-state index in [0.29, 0.717) is 5.76 Å². The molecule has 0 saturated heterocycles. The molecule has 5 heteroatoms. The molecule has 1 aliphatic rings. The molecular weight excluding hydrogens is 168 g/mol. The number of nitrogens with one attached hydrogen (secondary N) is 1. The number of nitrogens with zero attached hydrogens (tertiary/aromatic N) is 3. The Balaban J connectivity index is 2.52. The normalized spacial score (nSPS) is 20.4. The van der Waals surface area contributed by atoms with Crippen molar-refractivity contribution in [2.24, 2.45) is 10.4 Å². The van der Waals surface area contributed by atoms with E-state index in [9.17, 15) is 0 Å². The molecule has 0 saturated carbocycles. The van der Waals surface area contributed by atoms with Crippen molar-refractivity contribution in [3.8, 4) is 0 Å². The minimum atomic E-state index is 0.218. The van der Waals surface area contributed by atoms with Gasteiger partial charge in [0.25, 0.3) is 0 Å². The predicted octanol–water partition coefficient (Wildman–Crippen LogP) is 1.71. The van der Waals surface area contributed by atoms with Gasteiger partial charge in [-0.05, 0) is 18.6 Å². The second kappa shape index (κ2) is 4.39. The van der Waals surface area contributed by atoms with E-state index in [0.717, 1.165) is 6.42 Å². The summed E-state index contributed by atoms with van der Waals surface area (Å²) in [5, 5.41) is 8.38. The highest BCUT2D eigenvalue weighted by Crippen LogP contribution is 2.15. The summed E-state index contributed by atoms with van der Waals surface area (Å²) in [4.78, 5) is 4.65. The minimum absolute atomic E-state index is 0.218. The lowest BCUT2D eigenvalue weighted by Crippen LogP contribution is -2.25. The number of hydrogen-bond donors (Lipinski definition) is 1. The van der Waals surface area contributed by atoms with Gasteiger partial charge < -0.3 is 4.84 Å². The Hall–Kier alpha value is -1.65. The molecule has 1 rings (SSSR count). The Kier molecular flexibility index (Phi) is 3.19. The van der Waals surface area contributed by atoms with Crippen molar-refractivity contribution in [2.45, 2.75) is 12.5 Å². The SMILES string of the molecule is C=NN(C)C1C=CC(ON=N)=CC1. The molecule has 1 aliphatic carbocycles. The lowest BCUT2D eigenvalue weighted by Gasteiger charge is -2.22. The Morgan fingerprint density at radius 2 is 2.54 bits per heavy atom. The summed E-state index contributed by atoms with van der Waals surface area (Å²) < 4.78 is 0. The zero-order chi connectivity index (χ0) is 9.68. The van der Waals surface area contributed by atoms with Crippen LogP contribution >= 0.6 is 0 Å². The Bertz CT molecular complexity index is 259. The molecule has 0 heterocycles. The van der Waals surface area contributed by atoms with Crippen LogP contribution in [0.3, 0.4) is 0 Å². The highest BCUT2D eigenvalue weighted by molar-refractivity contribution is 5.24. The molecule has 0 aromatic heterocycles. The van der Waals surface area contributed by atoms with E-state index in [4.69, 9.17) is 5.53 Å². The third-order valence-corrected chi connectivity index (χ3v) is 1.90. The summed E-state index contributed by atoms with van der Waals surface area (Å²) in [5.74, 6) is 0.601. The van der Waals surface area contributed by atoms with E-state index in [2.05, 4.69) is 21.9 Å². The summed E-state index contributed by atoms with van der Waals surface area (Å²) in [6.45, 7) is 3.43. The predicted molar refractivity (Wildman–Crippen MR) is 49.2 cm³/mol. The van der Waals surface area contributed by atoms with Gasteiger partial charge in [-0.2, -0.15) is 10.6 Å². The number of likely N-dealkylation sites (N-methyl/N-ethyl adjacent to an activating group) is 1. The first-order valence-corrected chi connectivity index (χ1v) is 3.89. The molecule has 1 N–H and O–H groups in total. The topological polar surface area (TPSA) is 61.0 Å². The molecule has 0 bridgehead atoms. The van der Waals surface area contributed by atoms with Crippen LogP contribution < -0.4 is 0 Å². The summed E-state index contributed by atoms with van der Waals surface area (Å²) in [6, 6.07) is 0.218. The fourth-order valence-electron chi connectivity index (χ4n) is 1.09. The molecule has 1 atom stereocenters. The zero-order valence-electron chi connectivity index (χ0n) is 7.47. The molecule has 0 fully saturated rings. The lowest BCUT2D eigenvalue weighted by molar-refractivity contribution is 0.199. The third-order valence-electron chi connectivity index (χ3n) is 1.90. The first kappa shape index (κ1) is 9.44. The van der Waals surface area contributed by atoms with E-state index in [1.807, 2.05) is 19.2 Å². The van der Waals surface area contributed by atoms with Crippen LogP contribution in [0, 0.1) is 5.53 Å². The van der Waals surface area contributed by atoms with Crippen molar-refractivity contribution in [1.82, 2.24) is 5.01 Å². The van der Waals surface area contributed by atoms with Gasteiger partial charge >= 0.3 is 0 Å². The molecule has 0 radical (unpaired) electrons. The molecule has 0 aromatic carbocycles. The average Bonchev–Trinajstić information content (AvgIpc) is 2.18. The summed E-state index contributed by atoms with van der Waals surface area (Å²) >= 11 is 0. The molecular formula is C8H12N4O. The van der Waals surface area contributed by atoms with Crippen molar-refractivity contribution < 1.29 is 4.84 Å². The average molecular weight is 180 g/mol. The van der Waals surface area contributed by atoms with Crippen LogP contribution in [0.25, 0.3) is 0 Å². The van der Waals surface area contributed by atoms with E-state index in [1.54, 1.807) is 11.1 Å².